The fourth-order valence-corrected chi connectivity index (χ4v) is 1.85. The fraction of sp³-hybridized carbons (Fsp3) is 0.143. The van der Waals surface area contributed by atoms with E-state index in [1.807, 2.05) is 0 Å². The zero-order valence-corrected chi connectivity index (χ0v) is 13.6. The highest BCUT2D eigenvalue weighted by atomic mass is 32.1. The Balaban J connectivity index is 2.42. The number of carbonyl (C=O) groups excluding carboxylic acids is 2. The van der Waals surface area contributed by atoms with Gasteiger partial charge >= 0.3 is 6.01 Å². The van der Waals surface area contributed by atoms with Gasteiger partial charge in [-0.25, -0.2) is 4.98 Å². The first-order valence-corrected chi connectivity index (χ1v) is 7.03. The second-order valence-corrected chi connectivity index (χ2v) is 4.73. The minimum atomic E-state index is -0.726. The van der Waals surface area contributed by atoms with Gasteiger partial charge in [0.15, 0.2) is 5.71 Å². The molecule has 0 saturated heterocycles. The smallest absolute Gasteiger partial charge is 0.302 e. The number of para-hydroxylation sites is 1. The topological polar surface area (TPSA) is 119 Å². The van der Waals surface area contributed by atoms with E-state index in [1.165, 1.54) is 20.4 Å². The summed E-state index contributed by atoms with van der Waals surface area (Å²) in [5.74, 6) is -0.991. The number of ether oxygens (including phenoxy) is 1. The Morgan fingerprint density at radius 3 is 2.71 bits per heavy atom. The Morgan fingerprint density at radius 1 is 1.29 bits per heavy atom. The van der Waals surface area contributed by atoms with Crippen molar-refractivity contribution in [2.45, 2.75) is 6.92 Å². The van der Waals surface area contributed by atoms with Gasteiger partial charge in [0.25, 0.3) is 5.91 Å². The largest absolute Gasteiger partial charge is 0.425 e. The number of benzene rings is 1. The van der Waals surface area contributed by atoms with Crippen molar-refractivity contribution in [2.75, 3.05) is 7.11 Å². The van der Waals surface area contributed by atoms with E-state index < -0.39 is 11.8 Å². The van der Waals surface area contributed by atoms with Gasteiger partial charge in [0, 0.05) is 6.92 Å². The summed E-state index contributed by atoms with van der Waals surface area (Å²) in [5, 5.41) is 5.81. The lowest BCUT2D eigenvalue weighted by Gasteiger charge is -2.11. The number of oxime groups is 1. The molecule has 0 saturated carbocycles. The second-order valence-electron chi connectivity index (χ2n) is 4.34. The van der Waals surface area contributed by atoms with Crippen LogP contribution in [-0.4, -0.2) is 39.6 Å². The summed E-state index contributed by atoms with van der Waals surface area (Å²) in [4.78, 5) is 38.3. The van der Waals surface area contributed by atoms with E-state index >= 15 is 0 Å². The van der Waals surface area contributed by atoms with Crippen LogP contribution in [0.2, 0.25) is 0 Å². The van der Waals surface area contributed by atoms with Crippen LogP contribution in [0.1, 0.15) is 12.5 Å². The van der Waals surface area contributed by atoms with Crippen LogP contribution >= 0.6 is 12.2 Å². The van der Waals surface area contributed by atoms with Crippen LogP contribution in [0, 0.1) is 4.77 Å². The van der Waals surface area contributed by atoms with Gasteiger partial charge in [0.2, 0.25) is 10.7 Å². The highest BCUT2D eigenvalue weighted by Gasteiger charge is 2.21. The predicted octanol–water partition coefficient (Wildman–Crippen LogP) is 1.34. The zero-order valence-electron chi connectivity index (χ0n) is 12.8. The van der Waals surface area contributed by atoms with Crippen molar-refractivity contribution in [3.63, 3.8) is 0 Å². The Bertz CT molecular complexity index is 849. The molecule has 10 heteroatoms. The number of rotatable bonds is 5. The Labute approximate surface area is 141 Å². The Hall–Kier alpha value is -3.14. The molecular formula is C14H13N5O4S. The summed E-state index contributed by atoms with van der Waals surface area (Å²) in [5.41, 5.74) is 0.173. The molecule has 1 heterocycles. The normalized spacial score (nSPS) is 10.8. The van der Waals surface area contributed by atoms with E-state index in [-0.39, 0.29) is 22.2 Å². The molecule has 0 radical (unpaired) electrons. The van der Waals surface area contributed by atoms with Gasteiger partial charge in [0.1, 0.15) is 19.2 Å². The van der Waals surface area contributed by atoms with Gasteiger partial charge in [-0.05, 0) is 24.4 Å². The quantitative estimate of drug-likeness (QED) is 0.476. The van der Waals surface area contributed by atoms with Crippen LogP contribution < -0.4 is 10.1 Å². The van der Waals surface area contributed by atoms with Crippen molar-refractivity contribution < 1.29 is 19.2 Å². The number of nitrogens with zero attached hydrogens (tertiary/aromatic N) is 3. The molecule has 0 bridgehead atoms. The van der Waals surface area contributed by atoms with Gasteiger partial charge < -0.3 is 9.57 Å². The van der Waals surface area contributed by atoms with Gasteiger partial charge in [0.05, 0.1) is 5.56 Å². The van der Waals surface area contributed by atoms with Crippen molar-refractivity contribution in [1.82, 2.24) is 20.3 Å². The maximum atomic E-state index is 12.2. The number of aromatic amines is 1. The van der Waals surface area contributed by atoms with Crippen LogP contribution in [0.15, 0.2) is 35.7 Å². The molecule has 1 aromatic carbocycles. The lowest BCUT2D eigenvalue weighted by Crippen LogP contribution is -2.35. The molecule has 0 aliphatic carbocycles. The summed E-state index contributed by atoms with van der Waals surface area (Å²) < 4.78 is 5.79. The number of carbonyl (C=O) groups is 2. The summed E-state index contributed by atoms with van der Waals surface area (Å²) in [6.07, 6.45) is 1.24. The second kappa shape index (κ2) is 7.92. The molecule has 2 rings (SSSR count). The predicted molar refractivity (Wildman–Crippen MR) is 86.1 cm³/mol. The molecule has 0 aliphatic heterocycles. The fourth-order valence-electron chi connectivity index (χ4n) is 1.72. The first-order chi connectivity index (χ1) is 11.5. The standard InChI is InChI=1S/C14H13N5O4S/c1-8(20)17-12(21)11(19-22-2)9-5-3-4-6-10(9)23-13-15-7-16-14(24)18-13/h3-7H,1-2H3,(H,17,20,21)(H,15,16,18,24)/b19-11+. The Kier molecular flexibility index (Phi) is 5.68. The first kappa shape index (κ1) is 17.2. The molecule has 0 aliphatic rings. The van der Waals surface area contributed by atoms with Crippen molar-refractivity contribution in [3.05, 3.63) is 40.9 Å². The SMILES string of the molecule is CO/N=C(/C(=O)NC(C)=O)c1ccccc1Oc1ncnc(=S)[nH]1. The summed E-state index contributed by atoms with van der Waals surface area (Å²) >= 11 is 4.90. The molecule has 0 fully saturated rings. The van der Waals surface area contributed by atoms with E-state index in [9.17, 15) is 9.59 Å². The van der Waals surface area contributed by atoms with E-state index in [2.05, 4.69) is 25.4 Å². The number of aromatic nitrogens is 3. The molecule has 0 unspecified atom stereocenters. The molecular weight excluding hydrogens is 334 g/mol. The molecule has 9 nitrogen and oxygen atoms in total. The average Bonchev–Trinajstić information content (AvgIpc) is 2.53. The lowest BCUT2D eigenvalue weighted by molar-refractivity contribution is -0.125. The highest BCUT2D eigenvalue weighted by molar-refractivity contribution is 7.71. The van der Waals surface area contributed by atoms with Crippen molar-refractivity contribution in [3.8, 4) is 11.8 Å². The molecule has 124 valence electrons. The molecule has 2 N–H and O–H groups in total. The van der Waals surface area contributed by atoms with E-state index in [1.54, 1.807) is 24.3 Å². The monoisotopic (exact) mass is 347 g/mol. The number of hydrogen-bond donors (Lipinski definition) is 2. The Morgan fingerprint density at radius 2 is 2.04 bits per heavy atom. The minimum absolute atomic E-state index is 0.0891. The van der Waals surface area contributed by atoms with Gasteiger partial charge in [-0.2, -0.15) is 4.98 Å². The van der Waals surface area contributed by atoms with Gasteiger partial charge in [-0.15, -0.1) is 0 Å². The van der Waals surface area contributed by atoms with Crippen LogP contribution in [0.5, 0.6) is 11.8 Å². The van der Waals surface area contributed by atoms with Crippen LogP contribution in [-0.2, 0) is 14.4 Å². The average molecular weight is 347 g/mol. The van der Waals surface area contributed by atoms with Crippen molar-refractivity contribution in [1.29, 1.82) is 0 Å². The summed E-state index contributed by atoms with van der Waals surface area (Å²) in [7, 11) is 1.28. The molecule has 2 aromatic rings. The van der Waals surface area contributed by atoms with E-state index in [0.717, 1.165) is 0 Å². The third kappa shape index (κ3) is 4.43. The van der Waals surface area contributed by atoms with E-state index in [4.69, 9.17) is 21.8 Å². The maximum Gasteiger partial charge on any atom is 0.302 e. The van der Waals surface area contributed by atoms with Gasteiger partial charge in [-0.1, -0.05) is 17.3 Å². The number of hydrogen-bond acceptors (Lipinski definition) is 8. The number of H-pyrrole nitrogens is 1. The number of imide groups is 1. The van der Waals surface area contributed by atoms with Crippen LogP contribution in [0.3, 0.4) is 0 Å². The minimum Gasteiger partial charge on any atom is -0.425 e. The number of nitrogens with one attached hydrogen (secondary N) is 2. The summed E-state index contributed by atoms with van der Waals surface area (Å²) in [6.45, 7) is 1.21. The first-order valence-electron chi connectivity index (χ1n) is 6.63. The van der Waals surface area contributed by atoms with Gasteiger partial charge in [-0.3, -0.25) is 19.9 Å². The molecule has 2 amide bonds. The maximum absolute atomic E-state index is 12.2. The molecule has 0 spiro atoms. The van der Waals surface area contributed by atoms with Crippen molar-refractivity contribution >= 4 is 29.7 Å². The lowest BCUT2D eigenvalue weighted by atomic mass is 10.1. The number of amides is 2. The third-order valence-electron chi connectivity index (χ3n) is 2.60. The molecule has 1 aromatic heterocycles. The molecule has 24 heavy (non-hydrogen) atoms. The summed E-state index contributed by atoms with van der Waals surface area (Å²) in [6, 6.07) is 6.65. The highest BCUT2D eigenvalue weighted by Crippen LogP contribution is 2.23. The van der Waals surface area contributed by atoms with Crippen LogP contribution in [0.25, 0.3) is 0 Å². The third-order valence-corrected chi connectivity index (χ3v) is 2.81. The zero-order chi connectivity index (χ0) is 17.5. The van der Waals surface area contributed by atoms with Crippen molar-refractivity contribution in [2.24, 2.45) is 5.16 Å². The van der Waals surface area contributed by atoms with E-state index in [0.29, 0.717) is 5.56 Å². The van der Waals surface area contributed by atoms with Crippen LogP contribution in [0.4, 0.5) is 0 Å². The molecule has 0 atom stereocenters.